The van der Waals surface area contributed by atoms with Crippen molar-refractivity contribution >= 4 is 22.9 Å². The van der Waals surface area contributed by atoms with Gasteiger partial charge >= 0.3 is 12.2 Å². The molecule has 36 heavy (non-hydrogen) atoms. The molecule has 0 spiro atoms. The summed E-state index contributed by atoms with van der Waals surface area (Å²) in [5.41, 5.74) is 0.155. The highest BCUT2D eigenvalue weighted by Crippen LogP contribution is 2.33. The number of methoxy groups -OCH3 is 1. The Kier molecular flexibility index (Phi) is 5.83. The van der Waals surface area contributed by atoms with Crippen molar-refractivity contribution in [2.24, 2.45) is 0 Å². The van der Waals surface area contributed by atoms with Crippen LogP contribution in [-0.2, 0) is 12.7 Å². The number of fused-ring (bicyclic) bond motifs is 1. The van der Waals surface area contributed by atoms with E-state index in [1.54, 1.807) is 6.20 Å². The van der Waals surface area contributed by atoms with Crippen molar-refractivity contribution in [2.75, 3.05) is 7.11 Å². The molecule has 0 aliphatic heterocycles. The molecule has 0 atom stereocenters. The molecule has 1 amide bonds. The van der Waals surface area contributed by atoms with Gasteiger partial charge in [0.15, 0.2) is 11.3 Å². The number of pyridine rings is 1. The lowest BCUT2D eigenvalue weighted by Crippen LogP contribution is -2.24. The van der Waals surface area contributed by atoms with E-state index in [1.165, 1.54) is 53.7 Å². The van der Waals surface area contributed by atoms with Crippen LogP contribution in [-0.4, -0.2) is 52.3 Å². The number of imidazole rings is 1. The summed E-state index contributed by atoms with van der Waals surface area (Å²) in [6, 6.07) is 1.46. The zero-order valence-electron chi connectivity index (χ0n) is 18.7. The lowest BCUT2D eigenvalue weighted by molar-refractivity contribution is -0.142. The van der Waals surface area contributed by atoms with E-state index in [1.807, 2.05) is 6.92 Å². The van der Waals surface area contributed by atoms with Crippen molar-refractivity contribution in [3.8, 4) is 22.4 Å². The van der Waals surface area contributed by atoms with Gasteiger partial charge in [-0.1, -0.05) is 5.21 Å². The van der Waals surface area contributed by atoms with Crippen LogP contribution in [0.15, 0.2) is 43.2 Å². The molecule has 0 unspecified atom stereocenters. The van der Waals surface area contributed by atoms with E-state index in [0.29, 0.717) is 27.1 Å². The molecule has 11 nitrogen and oxygen atoms in total. The molecular weight excluding hydrogens is 499 g/mol. The van der Waals surface area contributed by atoms with Gasteiger partial charge in [-0.05, 0) is 13.0 Å². The molecule has 0 saturated heterocycles. The van der Waals surface area contributed by atoms with Crippen molar-refractivity contribution in [1.82, 2.24) is 44.6 Å². The highest BCUT2D eigenvalue weighted by atomic mass is 32.1. The van der Waals surface area contributed by atoms with E-state index < -0.39 is 17.8 Å². The Morgan fingerprint density at radius 3 is 2.56 bits per heavy atom. The number of aryl methyl sites for hydroxylation is 1. The summed E-state index contributed by atoms with van der Waals surface area (Å²) in [6.45, 7) is 1.96. The van der Waals surface area contributed by atoms with Gasteiger partial charge in [0.25, 0.3) is 5.91 Å². The Hall–Kier alpha value is -4.40. The number of hydrogen-bond acceptors (Lipinski definition) is 9. The van der Waals surface area contributed by atoms with Gasteiger partial charge in [0.1, 0.15) is 16.4 Å². The third kappa shape index (κ3) is 4.35. The van der Waals surface area contributed by atoms with Crippen LogP contribution in [0.1, 0.15) is 26.5 Å². The molecular formula is C21H16F3N9O2S. The number of ether oxygens (including phenoxy) is 1. The summed E-state index contributed by atoms with van der Waals surface area (Å²) in [6.07, 6.45) is 3.51. The minimum atomic E-state index is -4.73. The average molecular weight is 515 g/mol. The predicted molar refractivity (Wildman–Crippen MR) is 121 cm³/mol. The molecule has 5 aromatic rings. The normalized spacial score (nSPS) is 11.7. The van der Waals surface area contributed by atoms with E-state index in [2.05, 4.69) is 35.6 Å². The fraction of sp³-hybridized carbons (Fsp3) is 0.190. The number of nitrogens with zero attached hydrogens (tertiary/aromatic N) is 8. The second kappa shape index (κ2) is 8.99. The monoisotopic (exact) mass is 515 g/mol. The van der Waals surface area contributed by atoms with Crippen LogP contribution in [0.4, 0.5) is 13.2 Å². The quantitative estimate of drug-likeness (QED) is 0.366. The molecule has 5 rings (SSSR count). The summed E-state index contributed by atoms with van der Waals surface area (Å²) < 4.78 is 47.9. The maximum absolute atomic E-state index is 13.6. The van der Waals surface area contributed by atoms with Crippen LogP contribution in [0.25, 0.3) is 22.0 Å². The number of amides is 1. The van der Waals surface area contributed by atoms with Crippen molar-refractivity contribution in [3.05, 3.63) is 64.9 Å². The second-order valence-corrected chi connectivity index (χ2v) is 8.75. The van der Waals surface area contributed by atoms with Crippen LogP contribution in [0.2, 0.25) is 0 Å². The maximum atomic E-state index is 13.6. The smallest absolute Gasteiger partial charge is 0.435 e. The number of thiazole rings is 1. The van der Waals surface area contributed by atoms with Gasteiger partial charge in [0.05, 0.1) is 25.1 Å². The van der Waals surface area contributed by atoms with Crippen LogP contribution < -0.4 is 10.1 Å². The molecule has 5 heterocycles. The van der Waals surface area contributed by atoms with Crippen molar-refractivity contribution in [3.63, 3.8) is 0 Å². The first kappa shape index (κ1) is 23.3. The number of carbonyl (C=O) groups is 1. The molecule has 0 fully saturated rings. The van der Waals surface area contributed by atoms with E-state index in [0.717, 1.165) is 4.88 Å². The molecule has 1 N–H and O–H groups in total. The minimum absolute atomic E-state index is 0.0696. The minimum Gasteiger partial charge on any atom is -0.467 e. The van der Waals surface area contributed by atoms with Gasteiger partial charge in [-0.15, -0.1) is 16.4 Å². The van der Waals surface area contributed by atoms with Gasteiger partial charge < -0.3 is 10.1 Å². The Morgan fingerprint density at radius 1 is 1.11 bits per heavy atom. The van der Waals surface area contributed by atoms with Gasteiger partial charge in [0.2, 0.25) is 0 Å². The van der Waals surface area contributed by atoms with Crippen LogP contribution in [0, 0.1) is 6.92 Å². The summed E-state index contributed by atoms with van der Waals surface area (Å²) in [4.78, 5) is 30.6. The lowest BCUT2D eigenvalue weighted by atomic mass is 10.2. The summed E-state index contributed by atoms with van der Waals surface area (Å²) in [5.74, 6) is -0.544. The number of hydrogen-bond donors (Lipinski definition) is 1. The molecule has 0 aliphatic rings. The first-order chi connectivity index (χ1) is 17.2. The number of carbonyl (C=O) groups excluding carboxylic acids is 1. The number of aromatic nitrogens is 8. The lowest BCUT2D eigenvalue weighted by Gasteiger charge is -2.13. The SMILES string of the molecule is COc1ncc(CNC(=O)c2cc(-n3nncc3C(F)(F)F)c3ncc(-c4ncc(C)s4)n3c2)cn1. The Morgan fingerprint density at radius 2 is 1.89 bits per heavy atom. The fourth-order valence-corrected chi connectivity index (χ4v) is 4.18. The standard InChI is InChI=1S/C21H16F3N9O2S/c1-11-4-27-19(36-11)15-8-25-17-14(33-16(9-30-31-33)21(22,23)24)3-13(10-32(15)17)18(34)26-5-12-6-28-20(35-2)29-7-12/h3-4,6-10H,5H2,1-2H3,(H,26,34). The molecule has 0 aromatic carbocycles. The topological polar surface area (TPSA) is 125 Å². The third-order valence-electron chi connectivity index (χ3n) is 5.07. The largest absolute Gasteiger partial charge is 0.467 e. The molecule has 15 heteroatoms. The third-order valence-corrected chi connectivity index (χ3v) is 6.01. The van der Waals surface area contributed by atoms with Gasteiger partial charge in [-0.2, -0.15) is 13.2 Å². The van der Waals surface area contributed by atoms with Gasteiger partial charge in [-0.25, -0.2) is 24.6 Å². The highest BCUT2D eigenvalue weighted by molar-refractivity contribution is 7.14. The first-order valence-electron chi connectivity index (χ1n) is 10.3. The van der Waals surface area contributed by atoms with E-state index in [9.17, 15) is 18.0 Å². The Labute approximate surface area is 204 Å². The molecule has 0 radical (unpaired) electrons. The van der Waals surface area contributed by atoms with Crippen molar-refractivity contribution < 1.29 is 22.7 Å². The Balaban J connectivity index is 1.59. The Bertz CT molecular complexity index is 1560. The van der Waals surface area contributed by atoms with Crippen molar-refractivity contribution in [2.45, 2.75) is 19.6 Å². The summed E-state index contributed by atoms with van der Waals surface area (Å²) >= 11 is 1.38. The molecule has 0 saturated carbocycles. The van der Waals surface area contributed by atoms with Crippen LogP contribution in [0.3, 0.4) is 0 Å². The molecule has 5 aromatic heterocycles. The van der Waals surface area contributed by atoms with Gasteiger partial charge in [0, 0.05) is 41.8 Å². The van der Waals surface area contributed by atoms with Crippen LogP contribution >= 0.6 is 11.3 Å². The van der Waals surface area contributed by atoms with E-state index in [4.69, 9.17) is 4.74 Å². The number of nitrogens with one attached hydrogen (secondary N) is 1. The zero-order valence-corrected chi connectivity index (χ0v) is 19.5. The molecule has 184 valence electrons. The maximum Gasteiger partial charge on any atom is 0.435 e. The van der Waals surface area contributed by atoms with Crippen molar-refractivity contribution in [1.29, 1.82) is 0 Å². The van der Waals surface area contributed by atoms with E-state index in [-0.39, 0.29) is 29.5 Å². The average Bonchev–Trinajstić information content (AvgIpc) is 3.61. The first-order valence-corrected chi connectivity index (χ1v) is 11.1. The predicted octanol–water partition coefficient (Wildman–Crippen LogP) is 3.09. The second-order valence-electron chi connectivity index (χ2n) is 7.52. The molecule has 0 bridgehead atoms. The number of rotatable bonds is 6. The number of halogens is 3. The van der Waals surface area contributed by atoms with E-state index >= 15 is 0 Å². The summed E-state index contributed by atoms with van der Waals surface area (Å²) in [7, 11) is 1.43. The van der Waals surface area contributed by atoms with Gasteiger partial charge in [-0.3, -0.25) is 9.20 Å². The zero-order chi connectivity index (χ0) is 25.4. The number of alkyl halides is 3. The molecule has 0 aliphatic carbocycles. The summed E-state index contributed by atoms with van der Waals surface area (Å²) in [5, 5.41) is 10.4. The fourth-order valence-electron chi connectivity index (χ4n) is 3.41. The van der Waals surface area contributed by atoms with Crippen LogP contribution in [0.5, 0.6) is 6.01 Å². The highest BCUT2D eigenvalue weighted by Gasteiger charge is 2.37.